The first-order valence-corrected chi connectivity index (χ1v) is 9.39. The predicted molar refractivity (Wildman–Crippen MR) is 94.0 cm³/mol. The lowest BCUT2D eigenvalue weighted by atomic mass is 10.3. The number of nitrogens with one attached hydrogen (secondary N) is 1. The molecule has 25 heavy (non-hydrogen) atoms. The number of rotatable bonds is 6. The van der Waals surface area contributed by atoms with Gasteiger partial charge >= 0.3 is 0 Å². The summed E-state index contributed by atoms with van der Waals surface area (Å²) in [7, 11) is 2.14. The standard InChI is InChI=1S/C16H19ClN4O3S/c1-20-6-8-21(9-7-20)15(22)11-25-16-19-18-14(24-16)10-23-13-4-2-12(17)3-5-13/h2-5H,6-11H2,1H3/p+1. The van der Waals surface area contributed by atoms with Crippen LogP contribution < -0.4 is 9.64 Å². The van der Waals surface area contributed by atoms with E-state index in [4.69, 9.17) is 20.8 Å². The smallest absolute Gasteiger partial charge is 0.277 e. The summed E-state index contributed by atoms with van der Waals surface area (Å²) in [5.74, 6) is 1.45. The molecule has 1 fully saturated rings. The van der Waals surface area contributed by atoms with Crippen LogP contribution in [-0.4, -0.2) is 60.0 Å². The first kappa shape index (κ1) is 18.0. The van der Waals surface area contributed by atoms with Gasteiger partial charge in [-0.15, -0.1) is 10.2 Å². The van der Waals surface area contributed by atoms with Gasteiger partial charge in [0.1, 0.15) is 5.75 Å². The number of amides is 1. The van der Waals surface area contributed by atoms with Gasteiger partial charge in [0.15, 0.2) is 6.61 Å². The van der Waals surface area contributed by atoms with Gasteiger partial charge < -0.3 is 19.0 Å². The highest BCUT2D eigenvalue weighted by molar-refractivity contribution is 7.99. The maximum absolute atomic E-state index is 12.2. The van der Waals surface area contributed by atoms with E-state index >= 15 is 0 Å². The lowest BCUT2D eigenvalue weighted by Gasteiger charge is -2.29. The number of halogens is 1. The summed E-state index contributed by atoms with van der Waals surface area (Å²) in [4.78, 5) is 15.5. The van der Waals surface area contributed by atoms with Crippen LogP contribution >= 0.6 is 23.4 Å². The molecule has 1 aliphatic heterocycles. The van der Waals surface area contributed by atoms with Crippen molar-refractivity contribution in [2.24, 2.45) is 0 Å². The SMILES string of the molecule is C[NH+]1CCN(C(=O)CSc2nnc(COc3ccc(Cl)cc3)o2)CC1. The molecular weight excluding hydrogens is 364 g/mol. The zero-order valence-corrected chi connectivity index (χ0v) is 15.5. The quantitative estimate of drug-likeness (QED) is 0.742. The van der Waals surface area contributed by atoms with E-state index in [-0.39, 0.29) is 12.5 Å². The molecule has 0 aliphatic carbocycles. The van der Waals surface area contributed by atoms with E-state index < -0.39 is 0 Å². The maximum Gasteiger partial charge on any atom is 0.277 e. The number of benzene rings is 1. The number of piperazine rings is 1. The van der Waals surface area contributed by atoms with Gasteiger partial charge in [-0.05, 0) is 24.3 Å². The van der Waals surface area contributed by atoms with Gasteiger partial charge in [-0.25, -0.2) is 0 Å². The number of quaternary nitrogens is 1. The van der Waals surface area contributed by atoms with Crippen molar-refractivity contribution in [3.05, 3.63) is 35.2 Å². The van der Waals surface area contributed by atoms with E-state index in [0.717, 1.165) is 26.2 Å². The Morgan fingerprint density at radius 2 is 2.04 bits per heavy atom. The monoisotopic (exact) mass is 383 g/mol. The Morgan fingerprint density at radius 3 is 2.76 bits per heavy atom. The molecule has 1 amide bonds. The minimum absolute atomic E-state index is 0.106. The minimum Gasteiger partial charge on any atom is -0.484 e. The molecule has 7 nitrogen and oxygen atoms in total. The number of thioether (sulfide) groups is 1. The van der Waals surface area contributed by atoms with Crippen LogP contribution in [0.4, 0.5) is 0 Å². The third-order valence-corrected chi connectivity index (χ3v) is 4.97. The highest BCUT2D eigenvalue weighted by atomic mass is 35.5. The van der Waals surface area contributed by atoms with Gasteiger partial charge in [-0.3, -0.25) is 4.79 Å². The van der Waals surface area contributed by atoms with E-state index in [2.05, 4.69) is 17.2 Å². The van der Waals surface area contributed by atoms with Crippen molar-refractivity contribution >= 4 is 29.3 Å². The van der Waals surface area contributed by atoms with E-state index in [1.807, 2.05) is 4.90 Å². The number of carbonyl (C=O) groups excluding carboxylic acids is 1. The molecule has 2 aromatic rings. The molecule has 9 heteroatoms. The van der Waals surface area contributed by atoms with E-state index in [1.165, 1.54) is 16.7 Å². The van der Waals surface area contributed by atoms with Crippen molar-refractivity contribution in [1.29, 1.82) is 0 Å². The van der Waals surface area contributed by atoms with Gasteiger partial charge in [0.25, 0.3) is 11.1 Å². The average molecular weight is 384 g/mol. The molecular formula is C16H20ClN4O3S+. The summed E-state index contributed by atoms with van der Waals surface area (Å²) in [6.07, 6.45) is 0. The zero-order chi connectivity index (χ0) is 17.6. The number of ether oxygens (including phenoxy) is 1. The number of hydrogen-bond acceptors (Lipinski definition) is 6. The lowest BCUT2D eigenvalue weighted by Crippen LogP contribution is -3.12. The number of likely N-dealkylation sites (N-methyl/N-ethyl adjacent to an activating group) is 1. The number of aromatic nitrogens is 2. The molecule has 0 atom stereocenters. The molecule has 2 heterocycles. The van der Waals surface area contributed by atoms with Gasteiger partial charge in [0.2, 0.25) is 5.91 Å². The minimum atomic E-state index is 0.106. The number of carbonyl (C=O) groups is 1. The number of hydrogen-bond donors (Lipinski definition) is 1. The molecule has 1 aliphatic rings. The Hall–Kier alpha value is -1.77. The van der Waals surface area contributed by atoms with Crippen molar-refractivity contribution < 1.29 is 18.8 Å². The Bertz CT molecular complexity index is 702. The molecule has 0 radical (unpaired) electrons. The Morgan fingerprint density at radius 1 is 1.32 bits per heavy atom. The third kappa shape index (κ3) is 5.35. The summed E-state index contributed by atoms with van der Waals surface area (Å²) in [5, 5.41) is 8.90. The summed E-state index contributed by atoms with van der Waals surface area (Å²) < 4.78 is 11.0. The van der Waals surface area contributed by atoms with Crippen LogP contribution in [0.2, 0.25) is 5.02 Å². The van der Waals surface area contributed by atoms with E-state index in [0.29, 0.717) is 27.6 Å². The maximum atomic E-state index is 12.2. The highest BCUT2D eigenvalue weighted by Crippen LogP contribution is 2.19. The average Bonchev–Trinajstić information content (AvgIpc) is 3.08. The molecule has 1 saturated heterocycles. The molecule has 1 aromatic heterocycles. The highest BCUT2D eigenvalue weighted by Gasteiger charge is 2.22. The second-order valence-electron chi connectivity index (χ2n) is 5.83. The van der Waals surface area contributed by atoms with Gasteiger partial charge in [0.05, 0.1) is 39.0 Å². The fourth-order valence-corrected chi connectivity index (χ4v) is 3.19. The van der Waals surface area contributed by atoms with Crippen LogP contribution in [0.5, 0.6) is 5.75 Å². The second kappa shape index (κ2) is 8.55. The van der Waals surface area contributed by atoms with Crippen LogP contribution in [0.25, 0.3) is 0 Å². The fraction of sp³-hybridized carbons (Fsp3) is 0.438. The molecule has 1 N–H and O–H groups in total. The van der Waals surface area contributed by atoms with Gasteiger partial charge in [-0.2, -0.15) is 0 Å². The first-order valence-electron chi connectivity index (χ1n) is 8.03. The van der Waals surface area contributed by atoms with Crippen LogP contribution in [-0.2, 0) is 11.4 Å². The van der Waals surface area contributed by atoms with Crippen LogP contribution in [0.3, 0.4) is 0 Å². The molecule has 0 bridgehead atoms. The zero-order valence-electron chi connectivity index (χ0n) is 13.9. The van der Waals surface area contributed by atoms with Gasteiger partial charge in [0, 0.05) is 5.02 Å². The lowest BCUT2D eigenvalue weighted by molar-refractivity contribution is -0.883. The fourth-order valence-electron chi connectivity index (χ4n) is 2.38. The predicted octanol–water partition coefficient (Wildman–Crippen LogP) is 0.751. The summed E-state index contributed by atoms with van der Waals surface area (Å²) in [5.41, 5.74) is 0. The second-order valence-corrected chi connectivity index (χ2v) is 7.19. The normalized spacial score (nSPS) is 15.4. The largest absolute Gasteiger partial charge is 0.484 e. The molecule has 0 saturated carbocycles. The Kier molecular flexibility index (Phi) is 6.17. The molecule has 134 valence electrons. The van der Waals surface area contributed by atoms with Crippen LogP contribution in [0, 0.1) is 0 Å². The Labute approximate surface area is 155 Å². The molecule has 1 aromatic carbocycles. The summed E-state index contributed by atoms with van der Waals surface area (Å²) in [6.45, 7) is 3.75. The van der Waals surface area contributed by atoms with Crippen LogP contribution in [0.15, 0.2) is 33.9 Å². The van der Waals surface area contributed by atoms with Crippen molar-refractivity contribution in [2.75, 3.05) is 39.0 Å². The summed E-state index contributed by atoms with van der Waals surface area (Å²) in [6, 6.07) is 7.03. The van der Waals surface area contributed by atoms with E-state index in [9.17, 15) is 4.79 Å². The van der Waals surface area contributed by atoms with Gasteiger partial charge in [-0.1, -0.05) is 23.4 Å². The molecule has 0 spiro atoms. The first-order chi connectivity index (χ1) is 12.1. The van der Waals surface area contributed by atoms with Crippen molar-refractivity contribution in [3.63, 3.8) is 0 Å². The molecule has 0 unspecified atom stereocenters. The van der Waals surface area contributed by atoms with Crippen molar-refractivity contribution in [2.45, 2.75) is 11.8 Å². The number of nitrogens with zero attached hydrogens (tertiary/aromatic N) is 3. The Balaban J connectivity index is 1.43. The van der Waals surface area contributed by atoms with Crippen molar-refractivity contribution in [1.82, 2.24) is 15.1 Å². The molecule has 3 rings (SSSR count). The van der Waals surface area contributed by atoms with Crippen LogP contribution in [0.1, 0.15) is 5.89 Å². The third-order valence-electron chi connectivity index (χ3n) is 3.91. The topological polar surface area (TPSA) is 72.9 Å². The summed E-state index contributed by atoms with van der Waals surface area (Å²) >= 11 is 7.08. The van der Waals surface area contributed by atoms with Crippen molar-refractivity contribution in [3.8, 4) is 5.75 Å². The van der Waals surface area contributed by atoms with E-state index in [1.54, 1.807) is 24.3 Å².